The fraction of sp³-hybridized carbons (Fsp3) is 0.231. The molecule has 3 rings (SSSR count). The second-order valence-corrected chi connectivity index (χ2v) is 6.09. The molecule has 0 spiro atoms. The zero-order valence-electron chi connectivity index (χ0n) is 11.1. The van der Waals surface area contributed by atoms with Crippen LogP contribution in [0.5, 0.6) is 0 Å². The van der Waals surface area contributed by atoms with Gasteiger partial charge in [-0.25, -0.2) is 4.98 Å². The van der Waals surface area contributed by atoms with Gasteiger partial charge < -0.3 is 14.4 Å². The molecule has 2 aromatic heterocycles. The second-order valence-electron chi connectivity index (χ2n) is 4.39. The molecule has 0 amide bonds. The maximum Gasteiger partial charge on any atom is 0.307 e. The van der Waals surface area contributed by atoms with E-state index in [1.165, 1.54) is 18.4 Å². The fourth-order valence-electron chi connectivity index (χ4n) is 2.26. The predicted octanol–water partition coefficient (Wildman–Crippen LogP) is 0.428. The number of allylic oxidation sites excluding steroid dienone is 2. The number of thiazole rings is 1. The Bertz CT molecular complexity index is 891. The van der Waals surface area contributed by atoms with Crippen molar-refractivity contribution in [3.63, 3.8) is 0 Å². The molecule has 0 saturated carbocycles. The molecular weight excluding hydrogens is 314 g/mol. The minimum atomic E-state index is -0.383. The number of nitrogens with zero attached hydrogens (tertiary/aromatic N) is 3. The highest BCUT2D eigenvalue weighted by molar-refractivity contribution is 7.15. The summed E-state index contributed by atoms with van der Waals surface area (Å²) in [5.41, 5.74) is 0.388. The van der Waals surface area contributed by atoms with Crippen molar-refractivity contribution in [2.75, 3.05) is 7.11 Å². The number of aliphatic hydroxyl groups is 1. The summed E-state index contributed by atoms with van der Waals surface area (Å²) in [4.78, 5) is 17.4. The molecular formula is C13H12ClN3O3S. The SMILES string of the molecule is COC(O)=c1c(=O)n(Cc2cnc(Cl)s2)c2n1CC=CC=2. The van der Waals surface area contributed by atoms with Gasteiger partial charge in [0.2, 0.25) is 0 Å². The largest absolute Gasteiger partial charge is 0.479 e. The summed E-state index contributed by atoms with van der Waals surface area (Å²) in [6, 6.07) is 0. The van der Waals surface area contributed by atoms with Crippen LogP contribution in [0.2, 0.25) is 4.47 Å². The molecule has 1 aliphatic heterocycles. The van der Waals surface area contributed by atoms with E-state index >= 15 is 0 Å². The van der Waals surface area contributed by atoms with Crippen LogP contribution in [0.3, 0.4) is 0 Å². The molecule has 21 heavy (non-hydrogen) atoms. The van der Waals surface area contributed by atoms with Crippen LogP contribution in [0.4, 0.5) is 0 Å². The van der Waals surface area contributed by atoms with Gasteiger partial charge in [-0.1, -0.05) is 23.8 Å². The number of hydrogen-bond acceptors (Lipinski definition) is 5. The van der Waals surface area contributed by atoms with Crippen LogP contribution in [0, 0.1) is 0 Å². The number of aliphatic hydroxyl groups excluding tert-OH is 1. The molecule has 0 saturated heterocycles. The summed E-state index contributed by atoms with van der Waals surface area (Å²) < 4.78 is 8.53. The average molecular weight is 326 g/mol. The summed E-state index contributed by atoms with van der Waals surface area (Å²) in [5, 5.41) is 9.98. The number of ether oxygens (including phenoxy) is 1. The van der Waals surface area contributed by atoms with Gasteiger partial charge >= 0.3 is 5.95 Å². The van der Waals surface area contributed by atoms with Crippen LogP contribution in [-0.4, -0.2) is 26.3 Å². The summed E-state index contributed by atoms with van der Waals surface area (Å²) in [7, 11) is 1.32. The number of hydrogen-bond donors (Lipinski definition) is 1. The molecule has 0 aliphatic carbocycles. The van der Waals surface area contributed by atoms with Crippen molar-refractivity contribution in [3.05, 3.63) is 48.9 Å². The Kier molecular flexibility index (Phi) is 3.60. The minimum absolute atomic E-state index is 0.142. The number of methoxy groups -OCH3 is 1. The van der Waals surface area contributed by atoms with Gasteiger partial charge in [-0.15, -0.1) is 11.3 Å². The highest BCUT2D eigenvalue weighted by atomic mass is 35.5. The van der Waals surface area contributed by atoms with E-state index in [-0.39, 0.29) is 16.9 Å². The normalized spacial score (nSPS) is 14.6. The Labute approximate surface area is 128 Å². The van der Waals surface area contributed by atoms with Crippen molar-refractivity contribution in [1.82, 2.24) is 14.1 Å². The van der Waals surface area contributed by atoms with Crippen LogP contribution in [0.1, 0.15) is 4.88 Å². The maximum absolute atomic E-state index is 12.6. The van der Waals surface area contributed by atoms with Gasteiger partial charge in [-0.05, 0) is 6.08 Å². The summed E-state index contributed by atoms with van der Waals surface area (Å²) in [5.74, 6) is -0.383. The topological polar surface area (TPSA) is 69.3 Å². The number of halogens is 1. The third-order valence-electron chi connectivity index (χ3n) is 3.18. The first kappa shape index (κ1) is 14.0. The highest BCUT2D eigenvalue weighted by Gasteiger charge is 2.16. The van der Waals surface area contributed by atoms with Crippen molar-refractivity contribution in [1.29, 1.82) is 0 Å². The number of fused-ring (bicyclic) bond motifs is 1. The Morgan fingerprint density at radius 3 is 3.10 bits per heavy atom. The molecule has 0 bridgehead atoms. The van der Waals surface area contributed by atoms with E-state index in [0.717, 1.165) is 4.88 Å². The molecule has 8 heteroatoms. The summed E-state index contributed by atoms with van der Waals surface area (Å²) in [6.45, 7) is 0.847. The van der Waals surface area contributed by atoms with E-state index in [0.29, 0.717) is 23.0 Å². The Hall–Kier alpha value is -1.99. The Balaban J connectivity index is 2.25. The number of imidazole rings is 1. The molecule has 6 nitrogen and oxygen atoms in total. The minimum Gasteiger partial charge on any atom is -0.479 e. The van der Waals surface area contributed by atoms with Crippen LogP contribution >= 0.6 is 22.9 Å². The first-order valence-electron chi connectivity index (χ1n) is 6.15. The molecule has 2 aromatic rings. The van der Waals surface area contributed by atoms with Gasteiger partial charge in [0.15, 0.2) is 9.82 Å². The van der Waals surface area contributed by atoms with Gasteiger partial charge in [0.25, 0.3) is 5.56 Å². The van der Waals surface area contributed by atoms with Crippen molar-refractivity contribution in [3.8, 4) is 0 Å². The monoisotopic (exact) mass is 325 g/mol. The fourth-order valence-corrected chi connectivity index (χ4v) is 3.23. The van der Waals surface area contributed by atoms with Crippen molar-refractivity contribution in [2.24, 2.45) is 0 Å². The van der Waals surface area contributed by atoms with E-state index in [9.17, 15) is 9.90 Å². The van der Waals surface area contributed by atoms with Gasteiger partial charge in [0.1, 0.15) is 5.48 Å². The van der Waals surface area contributed by atoms with E-state index in [4.69, 9.17) is 16.3 Å². The third kappa shape index (κ3) is 2.38. The lowest BCUT2D eigenvalue weighted by atomic mass is 10.4. The average Bonchev–Trinajstić information content (AvgIpc) is 3.01. The van der Waals surface area contributed by atoms with Crippen LogP contribution in [-0.2, 0) is 17.8 Å². The first-order valence-corrected chi connectivity index (χ1v) is 7.35. The molecule has 1 N–H and O–H groups in total. The summed E-state index contributed by atoms with van der Waals surface area (Å²) >= 11 is 7.14. The van der Waals surface area contributed by atoms with Gasteiger partial charge in [0.05, 0.1) is 13.7 Å². The predicted molar refractivity (Wildman–Crippen MR) is 80.8 cm³/mol. The molecule has 110 valence electrons. The van der Waals surface area contributed by atoms with E-state index in [1.54, 1.807) is 15.3 Å². The molecule has 3 heterocycles. The molecule has 0 radical (unpaired) electrons. The lowest BCUT2D eigenvalue weighted by molar-refractivity contribution is 0.228. The molecule has 0 aromatic carbocycles. The Morgan fingerprint density at radius 2 is 2.43 bits per heavy atom. The quantitative estimate of drug-likeness (QED) is 0.888. The highest BCUT2D eigenvalue weighted by Crippen LogP contribution is 2.17. The maximum atomic E-state index is 12.6. The molecule has 1 aliphatic rings. The van der Waals surface area contributed by atoms with E-state index in [1.807, 2.05) is 18.2 Å². The van der Waals surface area contributed by atoms with Crippen molar-refractivity contribution < 1.29 is 9.84 Å². The van der Waals surface area contributed by atoms with E-state index in [2.05, 4.69) is 4.98 Å². The van der Waals surface area contributed by atoms with Crippen molar-refractivity contribution >= 4 is 35.0 Å². The zero-order valence-corrected chi connectivity index (χ0v) is 12.7. The van der Waals surface area contributed by atoms with Crippen LogP contribution < -0.4 is 16.4 Å². The Morgan fingerprint density at radius 1 is 1.62 bits per heavy atom. The van der Waals surface area contributed by atoms with Crippen LogP contribution in [0.25, 0.3) is 12.0 Å². The van der Waals surface area contributed by atoms with Gasteiger partial charge in [0, 0.05) is 17.6 Å². The second kappa shape index (κ2) is 5.42. The lowest BCUT2D eigenvalue weighted by Gasteiger charge is -2.05. The van der Waals surface area contributed by atoms with Crippen LogP contribution in [0.15, 0.2) is 23.1 Å². The molecule has 0 atom stereocenters. The van der Waals surface area contributed by atoms with Gasteiger partial charge in [-0.3, -0.25) is 9.36 Å². The number of aromatic nitrogens is 3. The zero-order chi connectivity index (χ0) is 15.0. The molecule has 0 unspecified atom stereocenters. The number of rotatable bonds is 3. The molecule has 0 fully saturated rings. The van der Waals surface area contributed by atoms with Gasteiger partial charge in [-0.2, -0.15) is 0 Å². The van der Waals surface area contributed by atoms with E-state index < -0.39 is 0 Å². The van der Waals surface area contributed by atoms with Crippen molar-refractivity contribution in [2.45, 2.75) is 13.1 Å². The lowest BCUT2D eigenvalue weighted by Crippen LogP contribution is -2.35. The smallest absolute Gasteiger partial charge is 0.307 e. The standard InChI is InChI=1S/C13H12ClN3O3S/c1-20-12(19)10-11(18)17(7-8-6-15-13(14)21-8)9-4-2-3-5-16(9)10/h2-4,6,19H,5,7H2,1H3. The first-order chi connectivity index (χ1) is 10.1. The summed E-state index contributed by atoms with van der Waals surface area (Å²) in [6.07, 6.45) is 7.23. The third-order valence-corrected chi connectivity index (χ3v) is 4.27.